The monoisotopic (exact) mass is 362 g/mol. The summed E-state index contributed by atoms with van der Waals surface area (Å²) < 4.78 is 0.910. The van der Waals surface area contributed by atoms with Crippen molar-refractivity contribution in [3.05, 3.63) is 46.7 Å². The number of amides is 1. The highest BCUT2D eigenvalue weighted by atomic mass is 79.9. The number of anilines is 2. The van der Waals surface area contributed by atoms with E-state index in [9.17, 15) is 4.79 Å². The largest absolute Gasteiger partial charge is 0.344 e. The summed E-state index contributed by atoms with van der Waals surface area (Å²) in [5.74, 6) is 0.320. The molecule has 0 spiro atoms. The number of carbonyl (C=O) groups is 1. The third kappa shape index (κ3) is 4.53. The van der Waals surface area contributed by atoms with Crippen molar-refractivity contribution in [1.29, 1.82) is 0 Å². The van der Waals surface area contributed by atoms with E-state index in [1.807, 2.05) is 36.2 Å². The molecule has 22 heavy (non-hydrogen) atoms. The third-order valence-electron chi connectivity index (χ3n) is 3.15. The number of aromatic nitrogens is 2. The van der Waals surface area contributed by atoms with E-state index in [0.717, 1.165) is 29.5 Å². The summed E-state index contributed by atoms with van der Waals surface area (Å²) in [6.45, 7) is 3.00. The molecule has 0 unspecified atom stereocenters. The lowest BCUT2D eigenvalue weighted by molar-refractivity contribution is 0.102. The fourth-order valence-electron chi connectivity index (χ4n) is 1.92. The highest BCUT2D eigenvalue weighted by Gasteiger charge is 2.11. The van der Waals surface area contributed by atoms with E-state index >= 15 is 0 Å². The molecule has 1 N–H and O–H groups in total. The van der Waals surface area contributed by atoms with Crippen molar-refractivity contribution >= 4 is 33.5 Å². The molecule has 2 rings (SSSR count). The molecule has 6 heteroatoms. The van der Waals surface area contributed by atoms with E-state index in [4.69, 9.17) is 0 Å². The average molecular weight is 363 g/mol. The lowest BCUT2D eigenvalue weighted by Gasteiger charge is -2.16. The van der Waals surface area contributed by atoms with Gasteiger partial charge < -0.3 is 10.2 Å². The smallest absolute Gasteiger partial charge is 0.274 e. The second-order valence-electron chi connectivity index (χ2n) is 4.98. The zero-order valence-electron chi connectivity index (χ0n) is 12.7. The van der Waals surface area contributed by atoms with Crippen LogP contribution in [0.4, 0.5) is 11.6 Å². The molecule has 1 aromatic heterocycles. The van der Waals surface area contributed by atoms with Crippen molar-refractivity contribution in [3.63, 3.8) is 0 Å². The van der Waals surface area contributed by atoms with E-state index in [1.54, 1.807) is 12.3 Å². The van der Waals surface area contributed by atoms with E-state index in [0.29, 0.717) is 11.6 Å². The van der Waals surface area contributed by atoms with Gasteiger partial charge in [0.25, 0.3) is 5.91 Å². The normalized spacial score (nSPS) is 10.3. The Hall–Kier alpha value is -1.95. The number of rotatable bonds is 6. The van der Waals surface area contributed by atoms with Gasteiger partial charge in [0, 0.05) is 29.9 Å². The lowest BCUT2D eigenvalue weighted by atomic mass is 10.3. The molecule has 0 atom stereocenters. The third-order valence-corrected chi connectivity index (χ3v) is 3.64. The highest BCUT2D eigenvalue weighted by molar-refractivity contribution is 9.10. The summed E-state index contributed by atoms with van der Waals surface area (Å²) >= 11 is 3.38. The van der Waals surface area contributed by atoms with Gasteiger partial charge in [-0.1, -0.05) is 35.3 Å². The van der Waals surface area contributed by atoms with Crippen molar-refractivity contribution in [1.82, 2.24) is 9.97 Å². The molecule has 1 heterocycles. The molecule has 0 aliphatic carbocycles. The van der Waals surface area contributed by atoms with Gasteiger partial charge in [-0.05, 0) is 30.7 Å². The number of unbranched alkanes of at least 4 members (excludes halogenated alkanes) is 1. The Labute approximate surface area is 138 Å². The SMILES string of the molecule is CCCCN(C)c1nccc(C(=O)Nc2cccc(Br)c2)n1. The van der Waals surface area contributed by atoms with Crippen LogP contribution in [0, 0.1) is 0 Å². The topological polar surface area (TPSA) is 58.1 Å². The molecule has 0 saturated carbocycles. The van der Waals surface area contributed by atoms with Gasteiger partial charge in [0.1, 0.15) is 5.69 Å². The maximum atomic E-state index is 12.3. The minimum Gasteiger partial charge on any atom is -0.344 e. The maximum Gasteiger partial charge on any atom is 0.274 e. The number of halogens is 1. The quantitative estimate of drug-likeness (QED) is 0.850. The minimum atomic E-state index is -0.245. The van der Waals surface area contributed by atoms with Crippen LogP contribution in [0.3, 0.4) is 0 Å². The number of carbonyl (C=O) groups excluding carboxylic acids is 1. The van der Waals surface area contributed by atoms with Crippen LogP contribution in [-0.4, -0.2) is 29.5 Å². The first-order valence-electron chi connectivity index (χ1n) is 7.21. The summed E-state index contributed by atoms with van der Waals surface area (Å²) in [5.41, 5.74) is 1.08. The minimum absolute atomic E-state index is 0.245. The molecular weight excluding hydrogens is 344 g/mol. The fourth-order valence-corrected chi connectivity index (χ4v) is 2.31. The molecule has 116 valence electrons. The molecule has 0 bridgehead atoms. The van der Waals surface area contributed by atoms with Gasteiger partial charge in [0.15, 0.2) is 0 Å². The second kappa shape index (κ2) is 7.89. The maximum absolute atomic E-state index is 12.3. The first-order chi connectivity index (χ1) is 10.6. The number of hydrogen-bond donors (Lipinski definition) is 1. The van der Waals surface area contributed by atoms with Gasteiger partial charge >= 0.3 is 0 Å². The first-order valence-corrected chi connectivity index (χ1v) is 8.00. The van der Waals surface area contributed by atoms with Gasteiger partial charge in [0.2, 0.25) is 5.95 Å². The average Bonchev–Trinajstić information content (AvgIpc) is 2.52. The molecule has 0 radical (unpaired) electrons. The zero-order valence-corrected chi connectivity index (χ0v) is 14.3. The Morgan fingerprint density at radius 1 is 1.36 bits per heavy atom. The Balaban J connectivity index is 2.10. The van der Waals surface area contributed by atoms with Crippen molar-refractivity contribution in [2.45, 2.75) is 19.8 Å². The van der Waals surface area contributed by atoms with Crippen LogP contribution in [0.1, 0.15) is 30.3 Å². The van der Waals surface area contributed by atoms with Crippen molar-refractivity contribution in [2.75, 3.05) is 23.8 Å². The molecule has 1 amide bonds. The molecule has 0 aliphatic heterocycles. The molecule has 2 aromatic rings. The van der Waals surface area contributed by atoms with Crippen LogP contribution in [-0.2, 0) is 0 Å². The van der Waals surface area contributed by atoms with E-state index in [2.05, 4.69) is 38.1 Å². The zero-order chi connectivity index (χ0) is 15.9. The standard InChI is InChI=1S/C16H19BrN4O/c1-3-4-10-21(2)16-18-9-8-14(20-16)15(22)19-13-7-5-6-12(17)11-13/h5-9,11H,3-4,10H2,1-2H3,(H,19,22). The van der Waals surface area contributed by atoms with Gasteiger partial charge in [-0.15, -0.1) is 0 Å². The van der Waals surface area contributed by atoms with Gasteiger partial charge in [0.05, 0.1) is 0 Å². The van der Waals surface area contributed by atoms with Crippen molar-refractivity contribution in [2.24, 2.45) is 0 Å². The number of nitrogens with one attached hydrogen (secondary N) is 1. The lowest BCUT2D eigenvalue weighted by Crippen LogP contribution is -2.22. The van der Waals surface area contributed by atoms with E-state index < -0.39 is 0 Å². The second-order valence-corrected chi connectivity index (χ2v) is 5.90. The van der Waals surface area contributed by atoms with Crippen LogP contribution in [0.15, 0.2) is 41.0 Å². The Morgan fingerprint density at radius 2 is 2.18 bits per heavy atom. The van der Waals surface area contributed by atoms with Crippen LogP contribution >= 0.6 is 15.9 Å². The van der Waals surface area contributed by atoms with E-state index in [1.165, 1.54) is 0 Å². The molecule has 0 saturated heterocycles. The van der Waals surface area contributed by atoms with Gasteiger partial charge in [-0.25, -0.2) is 9.97 Å². The predicted molar refractivity (Wildman–Crippen MR) is 92.3 cm³/mol. The van der Waals surface area contributed by atoms with Crippen LogP contribution in [0.5, 0.6) is 0 Å². The van der Waals surface area contributed by atoms with Gasteiger partial charge in [-0.2, -0.15) is 0 Å². The summed E-state index contributed by atoms with van der Waals surface area (Å²) in [6.07, 6.45) is 3.78. The Bertz CT molecular complexity index is 648. The molecule has 0 fully saturated rings. The van der Waals surface area contributed by atoms with Crippen molar-refractivity contribution in [3.8, 4) is 0 Å². The number of benzene rings is 1. The Morgan fingerprint density at radius 3 is 2.91 bits per heavy atom. The van der Waals surface area contributed by atoms with Crippen LogP contribution in [0.25, 0.3) is 0 Å². The van der Waals surface area contributed by atoms with Crippen LogP contribution < -0.4 is 10.2 Å². The van der Waals surface area contributed by atoms with Crippen LogP contribution in [0.2, 0.25) is 0 Å². The Kier molecular flexibility index (Phi) is 5.89. The van der Waals surface area contributed by atoms with Crippen molar-refractivity contribution < 1.29 is 4.79 Å². The fraction of sp³-hybridized carbons (Fsp3) is 0.312. The molecule has 0 aliphatic rings. The van der Waals surface area contributed by atoms with Gasteiger partial charge in [-0.3, -0.25) is 4.79 Å². The number of hydrogen-bond acceptors (Lipinski definition) is 4. The van der Waals surface area contributed by atoms with E-state index in [-0.39, 0.29) is 5.91 Å². The summed E-state index contributed by atoms with van der Waals surface area (Å²) in [4.78, 5) is 22.8. The predicted octanol–water partition coefficient (Wildman–Crippen LogP) is 3.73. The summed E-state index contributed by atoms with van der Waals surface area (Å²) in [6, 6.07) is 9.06. The molecular formula is C16H19BrN4O. The molecule has 1 aromatic carbocycles. The summed E-state index contributed by atoms with van der Waals surface area (Å²) in [5, 5.41) is 2.83. The highest BCUT2D eigenvalue weighted by Crippen LogP contribution is 2.16. The first kappa shape index (κ1) is 16.4. The summed E-state index contributed by atoms with van der Waals surface area (Å²) in [7, 11) is 1.93. The number of nitrogens with zero attached hydrogens (tertiary/aromatic N) is 3. The molecule has 5 nitrogen and oxygen atoms in total.